The fourth-order valence-electron chi connectivity index (χ4n) is 2.15. The summed E-state index contributed by atoms with van der Waals surface area (Å²) in [5.41, 5.74) is 1.81. The van der Waals surface area contributed by atoms with Gasteiger partial charge in [-0.25, -0.2) is 4.98 Å². The van der Waals surface area contributed by atoms with Gasteiger partial charge in [-0.2, -0.15) is 4.98 Å². The normalized spacial score (nSPS) is 10.4. The van der Waals surface area contributed by atoms with Crippen molar-refractivity contribution in [3.05, 3.63) is 58.8 Å². The lowest BCUT2D eigenvalue weighted by molar-refractivity contribution is -0.134. The standard InChI is InChI=1S/C17H13Cl2N5O2/c18-11-4-1-5-12(19)16(11)23-14-7-13(10-3-2-6-20-8-10)22-17(24-14)21-9-15(25)26/h1-8H,9H2,(H,25,26)(H2,21,22,23,24). The summed E-state index contributed by atoms with van der Waals surface area (Å²) < 4.78 is 0. The van der Waals surface area contributed by atoms with Crippen molar-refractivity contribution in [2.24, 2.45) is 0 Å². The van der Waals surface area contributed by atoms with Gasteiger partial charge in [0.25, 0.3) is 0 Å². The lowest BCUT2D eigenvalue weighted by Crippen LogP contribution is -2.15. The smallest absolute Gasteiger partial charge is 0.322 e. The number of carboxylic acids is 1. The zero-order valence-corrected chi connectivity index (χ0v) is 14.8. The van der Waals surface area contributed by atoms with Crippen molar-refractivity contribution < 1.29 is 9.90 Å². The molecule has 2 aromatic heterocycles. The highest BCUT2D eigenvalue weighted by atomic mass is 35.5. The largest absolute Gasteiger partial charge is 0.480 e. The van der Waals surface area contributed by atoms with Crippen LogP contribution < -0.4 is 10.6 Å². The van der Waals surface area contributed by atoms with Gasteiger partial charge in [0.2, 0.25) is 5.95 Å². The Labute approximate surface area is 159 Å². The maximum absolute atomic E-state index is 10.8. The van der Waals surface area contributed by atoms with Gasteiger partial charge in [-0.3, -0.25) is 9.78 Å². The Morgan fingerprint density at radius 2 is 1.88 bits per heavy atom. The van der Waals surface area contributed by atoms with E-state index in [9.17, 15) is 4.79 Å². The summed E-state index contributed by atoms with van der Waals surface area (Å²) in [6, 6.07) is 10.4. The first-order chi connectivity index (χ1) is 12.5. The molecule has 132 valence electrons. The van der Waals surface area contributed by atoms with Crippen molar-refractivity contribution in [2.45, 2.75) is 0 Å². The van der Waals surface area contributed by atoms with Gasteiger partial charge in [0.05, 0.1) is 21.4 Å². The van der Waals surface area contributed by atoms with Gasteiger partial charge in [-0.1, -0.05) is 29.3 Å². The summed E-state index contributed by atoms with van der Waals surface area (Å²) in [4.78, 5) is 23.5. The van der Waals surface area contributed by atoms with E-state index in [0.29, 0.717) is 27.2 Å². The van der Waals surface area contributed by atoms with Gasteiger partial charge >= 0.3 is 5.97 Å². The van der Waals surface area contributed by atoms with Crippen LogP contribution in [0.25, 0.3) is 11.3 Å². The number of halogens is 2. The van der Waals surface area contributed by atoms with Crippen LogP contribution >= 0.6 is 23.2 Å². The van der Waals surface area contributed by atoms with E-state index in [-0.39, 0.29) is 12.5 Å². The summed E-state index contributed by atoms with van der Waals surface area (Å²) in [5, 5.41) is 15.4. The number of carbonyl (C=O) groups is 1. The molecule has 0 unspecified atom stereocenters. The second kappa shape index (κ2) is 7.99. The fraction of sp³-hybridized carbons (Fsp3) is 0.0588. The minimum absolute atomic E-state index is 0.152. The number of para-hydroxylation sites is 1. The number of hydrogen-bond acceptors (Lipinski definition) is 6. The maximum Gasteiger partial charge on any atom is 0.322 e. The number of aromatic nitrogens is 3. The van der Waals surface area contributed by atoms with Gasteiger partial charge < -0.3 is 15.7 Å². The number of nitrogens with one attached hydrogen (secondary N) is 2. The Morgan fingerprint density at radius 3 is 2.54 bits per heavy atom. The molecule has 0 saturated carbocycles. The zero-order valence-electron chi connectivity index (χ0n) is 13.3. The maximum atomic E-state index is 10.8. The monoisotopic (exact) mass is 389 g/mol. The number of carboxylic acid groups (broad SMARTS) is 1. The fourth-order valence-corrected chi connectivity index (χ4v) is 2.64. The molecule has 9 heteroatoms. The van der Waals surface area contributed by atoms with E-state index in [1.165, 1.54) is 0 Å². The molecule has 0 aliphatic rings. The number of benzene rings is 1. The third-order valence-electron chi connectivity index (χ3n) is 3.30. The molecular formula is C17H13Cl2N5O2. The summed E-state index contributed by atoms with van der Waals surface area (Å²) in [6.07, 6.45) is 3.30. The van der Waals surface area contributed by atoms with Gasteiger partial charge in [-0.05, 0) is 24.3 Å². The van der Waals surface area contributed by atoms with E-state index in [4.69, 9.17) is 28.3 Å². The van der Waals surface area contributed by atoms with E-state index in [0.717, 1.165) is 5.56 Å². The first-order valence-corrected chi connectivity index (χ1v) is 8.24. The molecule has 0 aliphatic heterocycles. The Balaban J connectivity index is 2.00. The van der Waals surface area contributed by atoms with Crippen LogP contribution in [0.4, 0.5) is 17.5 Å². The molecular weight excluding hydrogens is 377 g/mol. The van der Waals surface area contributed by atoms with E-state index < -0.39 is 5.97 Å². The molecule has 0 spiro atoms. The second-order valence-corrected chi connectivity index (χ2v) is 5.99. The van der Waals surface area contributed by atoms with Crippen LogP contribution in [-0.2, 0) is 4.79 Å². The van der Waals surface area contributed by atoms with Crippen molar-refractivity contribution in [2.75, 3.05) is 17.2 Å². The quantitative estimate of drug-likeness (QED) is 0.583. The Bertz CT molecular complexity index is 917. The third-order valence-corrected chi connectivity index (χ3v) is 3.93. The van der Waals surface area contributed by atoms with Gasteiger partial charge in [0, 0.05) is 24.0 Å². The van der Waals surface area contributed by atoms with Crippen LogP contribution in [0.3, 0.4) is 0 Å². The molecule has 0 bridgehead atoms. The molecule has 7 nitrogen and oxygen atoms in total. The minimum Gasteiger partial charge on any atom is -0.480 e. The molecule has 0 amide bonds. The first kappa shape index (κ1) is 17.9. The lowest BCUT2D eigenvalue weighted by Gasteiger charge is -2.12. The second-order valence-electron chi connectivity index (χ2n) is 5.17. The van der Waals surface area contributed by atoms with Crippen molar-refractivity contribution in [1.29, 1.82) is 0 Å². The number of pyridine rings is 1. The third kappa shape index (κ3) is 4.38. The van der Waals surface area contributed by atoms with Crippen molar-refractivity contribution in [3.63, 3.8) is 0 Å². The molecule has 0 aliphatic carbocycles. The molecule has 2 heterocycles. The predicted octanol–water partition coefficient (Wildman–Crippen LogP) is 4.09. The SMILES string of the molecule is O=C(O)CNc1nc(Nc2c(Cl)cccc2Cl)cc(-c2cccnc2)n1. The van der Waals surface area contributed by atoms with Crippen molar-refractivity contribution in [1.82, 2.24) is 15.0 Å². The summed E-state index contributed by atoms with van der Waals surface area (Å²) >= 11 is 12.4. The zero-order chi connectivity index (χ0) is 18.5. The number of aliphatic carboxylic acids is 1. The molecule has 0 fully saturated rings. The lowest BCUT2D eigenvalue weighted by atomic mass is 10.2. The molecule has 3 aromatic rings. The van der Waals surface area contributed by atoms with Crippen LogP contribution in [0.15, 0.2) is 48.8 Å². The van der Waals surface area contributed by atoms with Crippen LogP contribution in [0, 0.1) is 0 Å². The van der Waals surface area contributed by atoms with E-state index in [1.54, 1.807) is 42.7 Å². The summed E-state index contributed by atoms with van der Waals surface area (Å²) in [5.74, 6) is -0.467. The van der Waals surface area contributed by atoms with E-state index in [1.807, 2.05) is 6.07 Å². The Hall–Kier alpha value is -2.90. The number of anilines is 3. The number of hydrogen-bond donors (Lipinski definition) is 3. The molecule has 0 saturated heterocycles. The van der Waals surface area contributed by atoms with Crippen molar-refractivity contribution >= 4 is 46.6 Å². The summed E-state index contributed by atoms with van der Waals surface area (Å²) in [7, 11) is 0. The molecule has 3 N–H and O–H groups in total. The highest BCUT2D eigenvalue weighted by molar-refractivity contribution is 6.39. The van der Waals surface area contributed by atoms with Gasteiger partial charge in [0.1, 0.15) is 12.4 Å². The average molecular weight is 390 g/mol. The van der Waals surface area contributed by atoms with E-state index in [2.05, 4.69) is 25.6 Å². The van der Waals surface area contributed by atoms with Crippen molar-refractivity contribution in [3.8, 4) is 11.3 Å². The molecule has 1 aromatic carbocycles. The van der Waals surface area contributed by atoms with Gasteiger partial charge in [0.15, 0.2) is 0 Å². The predicted molar refractivity (Wildman–Crippen MR) is 101 cm³/mol. The Morgan fingerprint density at radius 1 is 1.12 bits per heavy atom. The molecule has 0 radical (unpaired) electrons. The molecule has 0 atom stereocenters. The first-order valence-electron chi connectivity index (χ1n) is 7.49. The van der Waals surface area contributed by atoms with Crippen LogP contribution in [-0.4, -0.2) is 32.6 Å². The summed E-state index contributed by atoms with van der Waals surface area (Å²) in [6.45, 7) is -0.317. The Kier molecular flexibility index (Phi) is 5.50. The highest BCUT2D eigenvalue weighted by Crippen LogP contribution is 2.33. The van der Waals surface area contributed by atoms with E-state index >= 15 is 0 Å². The number of rotatable bonds is 6. The van der Waals surface area contributed by atoms with Crippen LogP contribution in [0.2, 0.25) is 10.0 Å². The molecule has 26 heavy (non-hydrogen) atoms. The van der Waals surface area contributed by atoms with Gasteiger partial charge in [-0.15, -0.1) is 0 Å². The molecule has 3 rings (SSSR count). The van der Waals surface area contributed by atoms with Crippen LogP contribution in [0.5, 0.6) is 0 Å². The highest BCUT2D eigenvalue weighted by Gasteiger charge is 2.11. The van der Waals surface area contributed by atoms with Crippen LogP contribution in [0.1, 0.15) is 0 Å². The average Bonchev–Trinajstić information content (AvgIpc) is 2.64. The minimum atomic E-state index is -1.02. The topological polar surface area (TPSA) is 100 Å². The number of nitrogens with zero attached hydrogens (tertiary/aromatic N) is 3.